The minimum absolute atomic E-state index is 0.248. The lowest BCUT2D eigenvalue weighted by atomic mass is 10.2. The van der Waals surface area contributed by atoms with Crippen molar-refractivity contribution in [2.24, 2.45) is 0 Å². The molecule has 156 valence electrons. The number of hydrogen-bond acceptors (Lipinski definition) is 6. The number of nitrogens with zero attached hydrogens (tertiary/aromatic N) is 3. The largest absolute Gasteiger partial charge is 0.399 e. The number of hydrogen-bond donors (Lipinski definition) is 2. The van der Waals surface area contributed by atoms with Crippen molar-refractivity contribution < 1.29 is 14.3 Å². The van der Waals surface area contributed by atoms with Crippen molar-refractivity contribution in [1.82, 2.24) is 9.78 Å². The summed E-state index contributed by atoms with van der Waals surface area (Å²) in [6, 6.07) is 16.8. The van der Waals surface area contributed by atoms with Gasteiger partial charge in [-0.3, -0.25) is 4.79 Å². The SMILES string of the molecule is COC1CN(c2ccccc2NC(=O)c2cc(C)nn2-c2cccc(N)c2)CCO1. The molecule has 0 aliphatic carbocycles. The van der Waals surface area contributed by atoms with E-state index in [4.69, 9.17) is 15.2 Å². The third-order valence-corrected chi connectivity index (χ3v) is 4.97. The van der Waals surface area contributed by atoms with Crippen LogP contribution in [0.5, 0.6) is 0 Å². The molecule has 1 atom stereocenters. The van der Waals surface area contributed by atoms with Crippen molar-refractivity contribution in [3.05, 3.63) is 66.0 Å². The van der Waals surface area contributed by atoms with E-state index in [9.17, 15) is 4.79 Å². The maximum atomic E-state index is 13.2. The standard InChI is InChI=1S/C22H25N5O3/c1-15-12-20(27(25-15)17-7-5-6-16(23)13-17)22(28)24-18-8-3-4-9-19(18)26-10-11-30-21(14-26)29-2/h3-9,12-13,21H,10-11,14,23H2,1-2H3,(H,24,28). The molecular weight excluding hydrogens is 382 g/mol. The number of ether oxygens (including phenoxy) is 2. The number of nitrogens with one attached hydrogen (secondary N) is 1. The summed E-state index contributed by atoms with van der Waals surface area (Å²) >= 11 is 0. The Bertz CT molecular complexity index is 1050. The number of carbonyl (C=O) groups excluding carboxylic acids is 1. The van der Waals surface area contributed by atoms with Crippen molar-refractivity contribution in [2.75, 3.05) is 42.8 Å². The number of para-hydroxylation sites is 2. The van der Waals surface area contributed by atoms with Crippen LogP contribution in [0, 0.1) is 6.92 Å². The number of methoxy groups -OCH3 is 1. The van der Waals surface area contributed by atoms with Crippen LogP contribution in [0.25, 0.3) is 5.69 Å². The number of anilines is 3. The molecule has 4 rings (SSSR count). The molecule has 2 heterocycles. The summed E-state index contributed by atoms with van der Waals surface area (Å²) < 4.78 is 12.5. The number of amides is 1. The Morgan fingerprint density at radius 1 is 1.23 bits per heavy atom. The second kappa shape index (κ2) is 8.56. The Hall–Kier alpha value is -3.36. The molecule has 3 aromatic rings. The molecule has 0 radical (unpaired) electrons. The third kappa shape index (κ3) is 4.14. The van der Waals surface area contributed by atoms with E-state index in [-0.39, 0.29) is 12.2 Å². The molecule has 2 aromatic carbocycles. The first-order chi connectivity index (χ1) is 14.5. The van der Waals surface area contributed by atoms with Gasteiger partial charge in [0.1, 0.15) is 5.69 Å². The van der Waals surface area contributed by atoms with Crippen molar-refractivity contribution in [3.8, 4) is 5.69 Å². The topological polar surface area (TPSA) is 94.6 Å². The van der Waals surface area contributed by atoms with E-state index in [1.165, 1.54) is 0 Å². The van der Waals surface area contributed by atoms with Crippen LogP contribution in [0.1, 0.15) is 16.2 Å². The molecule has 1 aliphatic heterocycles. The van der Waals surface area contributed by atoms with Crippen molar-refractivity contribution in [1.29, 1.82) is 0 Å². The molecule has 1 fully saturated rings. The minimum atomic E-state index is -0.296. The number of benzene rings is 2. The highest BCUT2D eigenvalue weighted by Gasteiger charge is 2.23. The first-order valence-corrected chi connectivity index (χ1v) is 9.77. The van der Waals surface area contributed by atoms with E-state index < -0.39 is 0 Å². The van der Waals surface area contributed by atoms with Crippen LogP contribution in [0.4, 0.5) is 17.1 Å². The zero-order valence-corrected chi connectivity index (χ0v) is 17.0. The minimum Gasteiger partial charge on any atom is -0.399 e. The fraction of sp³-hybridized carbons (Fsp3) is 0.273. The van der Waals surface area contributed by atoms with Gasteiger partial charge in [-0.25, -0.2) is 4.68 Å². The highest BCUT2D eigenvalue weighted by Crippen LogP contribution is 2.28. The fourth-order valence-electron chi connectivity index (χ4n) is 3.54. The predicted molar refractivity (Wildman–Crippen MR) is 116 cm³/mol. The van der Waals surface area contributed by atoms with E-state index in [1.54, 1.807) is 30.0 Å². The summed E-state index contributed by atoms with van der Waals surface area (Å²) in [6.07, 6.45) is -0.296. The zero-order chi connectivity index (χ0) is 21.1. The van der Waals surface area contributed by atoms with Gasteiger partial charge in [0.05, 0.1) is 35.9 Å². The lowest BCUT2D eigenvalue weighted by molar-refractivity contribution is -0.128. The number of nitrogens with two attached hydrogens (primary N) is 1. The molecule has 8 heteroatoms. The second-order valence-electron chi connectivity index (χ2n) is 7.13. The summed E-state index contributed by atoms with van der Waals surface area (Å²) in [7, 11) is 1.63. The molecule has 1 aliphatic rings. The van der Waals surface area contributed by atoms with Gasteiger partial charge >= 0.3 is 0 Å². The van der Waals surface area contributed by atoms with Crippen LogP contribution in [0.2, 0.25) is 0 Å². The Morgan fingerprint density at radius 3 is 2.87 bits per heavy atom. The first kappa shape index (κ1) is 19.9. The molecule has 1 aromatic heterocycles. The monoisotopic (exact) mass is 407 g/mol. The van der Waals surface area contributed by atoms with Gasteiger partial charge in [0.15, 0.2) is 6.29 Å². The quantitative estimate of drug-likeness (QED) is 0.632. The van der Waals surface area contributed by atoms with Crippen molar-refractivity contribution in [3.63, 3.8) is 0 Å². The van der Waals surface area contributed by atoms with E-state index >= 15 is 0 Å². The zero-order valence-electron chi connectivity index (χ0n) is 17.0. The van der Waals surface area contributed by atoms with E-state index in [2.05, 4.69) is 15.3 Å². The van der Waals surface area contributed by atoms with Crippen molar-refractivity contribution >= 4 is 23.0 Å². The molecule has 1 amide bonds. The number of morpholine rings is 1. The molecule has 3 N–H and O–H groups in total. The maximum absolute atomic E-state index is 13.2. The van der Waals surface area contributed by atoms with Crippen LogP contribution in [-0.2, 0) is 9.47 Å². The number of aromatic nitrogens is 2. The Labute approximate surface area is 175 Å². The first-order valence-electron chi connectivity index (χ1n) is 9.77. The fourth-order valence-corrected chi connectivity index (χ4v) is 3.54. The van der Waals surface area contributed by atoms with Gasteiger partial charge in [-0.2, -0.15) is 5.10 Å². The van der Waals surface area contributed by atoms with Crippen LogP contribution in [0.15, 0.2) is 54.6 Å². The van der Waals surface area contributed by atoms with Gasteiger partial charge in [-0.05, 0) is 43.3 Å². The highest BCUT2D eigenvalue weighted by atomic mass is 16.7. The number of aryl methyl sites for hydroxylation is 1. The average molecular weight is 407 g/mol. The normalized spacial score (nSPS) is 16.5. The smallest absolute Gasteiger partial charge is 0.274 e. The average Bonchev–Trinajstić information content (AvgIpc) is 3.16. The molecule has 1 saturated heterocycles. The van der Waals surface area contributed by atoms with E-state index in [0.29, 0.717) is 31.1 Å². The number of carbonyl (C=O) groups is 1. The summed E-state index contributed by atoms with van der Waals surface area (Å²) in [6.45, 7) is 3.71. The maximum Gasteiger partial charge on any atom is 0.274 e. The van der Waals surface area contributed by atoms with Gasteiger partial charge in [-0.15, -0.1) is 0 Å². The van der Waals surface area contributed by atoms with Gasteiger partial charge in [0.2, 0.25) is 0 Å². The number of rotatable bonds is 5. The van der Waals surface area contributed by atoms with Gasteiger partial charge in [-0.1, -0.05) is 18.2 Å². The predicted octanol–water partition coefficient (Wildman–Crippen LogP) is 2.82. The van der Waals surface area contributed by atoms with Crippen LogP contribution in [0.3, 0.4) is 0 Å². The number of nitrogen functional groups attached to an aromatic ring is 1. The summed E-state index contributed by atoms with van der Waals surface area (Å²) in [4.78, 5) is 15.3. The Morgan fingerprint density at radius 2 is 2.07 bits per heavy atom. The van der Waals surface area contributed by atoms with Crippen LogP contribution >= 0.6 is 0 Å². The van der Waals surface area contributed by atoms with E-state index in [1.807, 2.05) is 43.3 Å². The molecule has 30 heavy (non-hydrogen) atoms. The summed E-state index contributed by atoms with van der Waals surface area (Å²) in [5.41, 5.74) is 10.1. The molecule has 8 nitrogen and oxygen atoms in total. The van der Waals surface area contributed by atoms with Gasteiger partial charge in [0.25, 0.3) is 5.91 Å². The molecule has 0 spiro atoms. The molecular formula is C22H25N5O3. The Kier molecular flexibility index (Phi) is 5.69. The lowest BCUT2D eigenvalue weighted by Gasteiger charge is -2.34. The molecule has 0 bridgehead atoms. The molecule has 1 unspecified atom stereocenters. The van der Waals surface area contributed by atoms with Crippen molar-refractivity contribution in [2.45, 2.75) is 13.2 Å². The van der Waals surface area contributed by atoms with Crippen LogP contribution < -0.4 is 16.0 Å². The Balaban J connectivity index is 1.62. The van der Waals surface area contributed by atoms with E-state index in [0.717, 1.165) is 22.8 Å². The molecule has 0 saturated carbocycles. The van der Waals surface area contributed by atoms with Crippen LogP contribution in [-0.4, -0.2) is 48.8 Å². The summed E-state index contributed by atoms with van der Waals surface area (Å²) in [5.74, 6) is -0.248. The lowest BCUT2D eigenvalue weighted by Crippen LogP contribution is -2.43. The van der Waals surface area contributed by atoms with Gasteiger partial charge in [0, 0.05) is 19.3 Å². The summed E-state index contributed by atoms with van der Waals surface area (Å²) in [5, 5.41) is 7.52. The highest BCUT2D eigenvalue weighted by molar-refractivity contribution is 6.05. The second-order valence-corrected chi connectivity index (χ2v) is 7.13. The third-order valence-electron chi connectivity index (χ3n) is 4.97. The van der Waals surface area contributed by atoms with Gasteiger partial charge < -0.3 is 25.4 Å².